The summed E-state index contributed by atoms with van der Waals surface area (Å²) in [6, 6.07) is 8.07. The number of carbonyl (C=O) groups is 1. The lowest BCUT2D eigenvalue weighted by atomic mass is 9.81. The van der Waals surface area contributed by atoms with Gasteiger partial charge in [0.05, 0.1) is 7.11 Å². The second kappa shape index (κ2) is 5.89. The highest BCUT2D eigenvalue weighted by Crippen LogP contribution is 2.36. The van der Waals surface area contributed by atoms with Crippen LogP contribution in [0.4, 0.5) is 0 Å². The summed E-state index contributed by atoms with van der Waals surface area (Å²) in [4.78, 5) is 11.2. The van der Waals surface area contributed by atoms with E-state index in [-0.39, 0.29) is 12.1 Å². The standard InChI is InChI=1S/C15H20O3/c1-11(16)18-15-9-4-3-8-14(15)12-6-5-7-13(10-12)17-2/h5-7,10,14-15H,3-4,8-9H2,1-2H3. The van der Waals surface area contributed by atoms with E-state index in [0.29, 0.717) is 5.92 Å². The van der Waals surface area contributed by atoms with Gasteiger partial charge in [-0.15, -0.1) is 0 Å². The molecule has 0 aromatic heterocycles. The smallest absolute Gasteiger partial charge is 0.302 e. The van der Waals surface area contributed by atoms with Crippen LogP contribution >= 0.6 is 0 Å². The Kier molecular flexibility index (Phi) is 4.24. The Balaban J connectivity index is 2.19. The van der Waals surface area contributed by atoms with Crippen molar-refractivity contribution in [2.45, 2.75) is 44.6 Å². The number of esters is 1. The van der Waals surface area contributed by atoms with E-state index in [1.54, 1.807) is 7.11 Å². The van der Waals surface area contributed by atoms with Crippen molar-refractivity contribution >= 4 is 5.97 Å². The van der Waals surface area contributed by atoms with Crippen LogP contribution in [-0.4, -0.2) is 19.2 Å². The molecular weight excluding hydrogens is 228 g/mol. The van der Waals surface area contributed by atoms with Crippen molar-refractivity contribution in [2.75, 3.05) is 7.11 Å². The molecule has 3 nitrogen and oxygen atoms in total. The van der Waals surface area contributed by atoms with Crippen molar-refractivity contribution in [3.63, 3.8) is 0 Å². The van der Waals surface area contributed by atoms with Crippen LogP contribution in [0, 0.1) is 0 Å². The van der Waals surface area contributed by atoms with Crippen LogP contribution in [0.25, 0.3) is 0 Å². The Morgan fingerprint density at radius 3 is 2.78 bits per heavy atom. The molecule has 0 saturated heterocycles. The monoisotopic (exact) mass is 248 g/mol. The lowest BCUT2D eigenvalue weighted by Crippen LogP contribution is -2.27. The number of methoxy groups -OCH3 is 1. The fraction of sp³-hybridized carbons (Fsp3) is 0.533. The fourth-order valence-electron chi connectivity index (χ4n) is 2.70. The summed E-state index contributed by atoms with van der Waals surface area (Å²) in [6.07, 6.45) is 4.38. The Bertz CT molecular complexity index is 414. The van der Waals surface area contributed by atoms with Gasteiger partial charge in [0, 0.05) is 12.8 Å². The average Bonchev–Trinajstić information content (AvgIpc) is 2.39. The highest BCUT2D eigenvalue weighted by molar-refractivity contribution is 5.66. The van der Waals surface area contributed by atoms with Crippen molar-refractivity contribution in [1.29, 1.82) is 0 Å². The lowest BCUT2D eigenvalue weighted by molar-refractivity contribution is -0.148. The number of hydrogen-bond donors (Lipinski definition) is 0. The highest BCUT2D eigenvalue weighted by Gasteiger charge is 2.28. The van der Waals surface area contributed by atoms with Gasteiger partial charge in [0.25, 0.3) is 0 Å². The van der Waals surface area contributed by atoms with Gasteiger partial charge < -0.3 is 9.47 Å². The summed E-state index contributed by atoms with van der Waals surface area (Å²) >= 11 is 0. The van der Waals surface area contributed by atoms with E-state index in [1.807, 2.05) is 18.2 Å². The van der Waals surface area contributed by atoms with E-state index < -0.39 is 0 Å². The SMILES string of the molecule is COc1cccc(C2CCCCC2OC(C)=O)c1. The van der Waals surface area contributed by atoms with E-state index >= 15 is 0 Å². The quantitative estimate of drug-likeness (QED) is 0.770. The molecule has 0 amide bonds. The first-order chi connectivity index (χ1) is 8.70. The Morgan fingerprint density at radius 2 is 2.06 bits per heavy atom. The largest absolute Gasteiger partial charge is 0.497 e. The van der Waals surface area contributed by atoms with Gasteiger partial charge in [-0.25, -0.2) is 0 Å². The molecule has 98 valence electrons. The molecule has 0 spiro atoms. The molecule has 3 heteroatoms. The molecule has 1 aromatic rings. The number of carbonyl (C=O) groups excluding carboxylic acids is 1. The van der Waals surface area contributed by atoms with Crippen LogP contribution in [0.15, 0.2) is 24.3 Å². The average molecular weight is 248 g/mol. The number of rotatable bonds is 3. The van der Waals surface area contributed by atoms with Crippen molar-refractivity contribution < 1.29 is 14.3 Å². The molecule has 2 atom stereocenters. The predicted molar refractivity (Wildman–Crippen MR) is 69.8 cm³/mol. The molecule has 1 fully saturated rings. The van der Waals surface area contributed by atoms with Crippen LogP contribution in [0.1, 0.15) is 44.1 Å². The molecular formula is C15H20O3. The zero-order chi connectivity index (χ0) is 13.0. The molecule has 2 unspecified atom stereocenters. The van der Waals surface area contributed by atoms with Gasteiger partial charge in [0.15, 0.2) is 0 Å². The second-order valence-corrected chi connectivity index (χ2v) is 4.82. The first-order valence-electron chi connectivity index (χ1n) is 6.52. The fourth-order valence-corrected chi connectivity index (χ4v) is 2.70. The van der Waals surface area contributed by atoms with Gasteiger partial charge >= 0.3 is 5.97 Å². The van der Waals surface area contributed by atoms with Crippen LogP contribution in [-0.2, 0) is 9.53 Å². The van der Waals surface area contributed by atoms with Crippen molar-refractivity contribution in [3.8, 4) is 5.75 Å². The summed E-state index contributed by atoms with van der Waals surface area (Å²) < 4.78 is 10.7. The van der Waals surface area contributed by atoms with E-state index in [9.17, 15) is 4.79 Å². The van der Waals surface area contributed by atoms with Crippen molar-refractivity contribution in [1.82, 2.24) is 0 Å². The van der Waals surface area contributed by atoms with E-state index in [4.69, 9.17) is 9.47 Å². The third-order valence-corrected chi connectivity index (χ3v) is 3.54. The molecule has 1 aliphatic rings. The second-order valence-electron chi connectivity index (χ2n) is 4.82. The minimum atomic E-state index is -0.185. The zero-order valence-corrected chi connectivity index (χ0v) is 11.0. The van der Waals surface area contributed by atoms with Crippen molar-refractivity contribution in [2.24, 2.45) is 0 Å². The number of ether oxygens (including phenoxy) is 2. The van der Waals surface area contributed by atoms with Gasteiger partial charge in [-0.2, -0.15) is 0 Å². The summed E-state index contributed by atoms with van der Waals surface area (Å²) in [7, 11) is 1.67. The lowest BCUT2D eigenvalue weighted by Gasteiger charge is -2.31. The minimum absolute atomic E-state index is 0.0170. The van der Waals surface area contributed by atoms with Gasteiger partial charge in [0.1, 0.15) is 11.9 Å². The van der Waals surface area contributed by atoms with E-state index in [2.05, 4.69) is 6.07 Å². The molecule has 0 aliphatic heterocycles. The first-order valence-corrected chi connectivity index (χ1v) is 6.52. The third kappa shape index (κ3) is 3.03. The van der Waals surface area contributed by atoms with Gasteiger partial charge in [-0.3, -0.25) is 4.79 Å². The third-order valence-electron chi connectivity index (χ3n) is 3.54. The number of benzene rings is 1. The summed E-state index contributed by atoms with van der Waals surface area (Å²) in [5, 5.41) is 0. The maximum absolute atomic E-state index is 11.2. The van der Waals surface area contributed by atoms with E-state index in [1.165, 1.54) is 18.9 Å². The maximum Gasteiger partial charge on any atom is 0.302 e. The minimum Gasteiger partial charge on any atom is -0.497 e. The Labute approximate surface area is 108 Å². The van der Waals surface area contributed by atoms with Crippen LogP contribution in [0.3, 0.4) is 0 Å². The normalized spacial score (nSPS) is 23.4. The molecule has 0 heterocycles. The molecule has 0 radical (unpaired) electrons. The zero-order valence-electron chi connectivity index (χ0n) is 11.0. The summed E-state index contributed by atoms with van der Waals surface area (Å²) in [6.45, 7) is 1.48. The molecule has 1 saturated carbocycles. The molecule has 0 bridgehead atoms. The Morgan fingerprint density at radius 1 is 1.28 bits per heavy atom. The predicted octanol–water partition coefficient (Wildman–Crippen LogP) is 3.28. The summed E-state index contributed by atoms with van der Waals surface area (Å²) in [5.41, 5.74) is 1.21. The number of hydrogen-bond acceptors (Lipinski definition) is 3. The summed E-state index contributed by atoms with van der Waals surface area (Å²) in [5.74, 6) is 0.979. The maximum atomic E-state index is 11.2. The van der Waals surface area contributed by atoms with Crippen LogP contribution < -0.4 is 4.74 Å². The molecule has 2 rings (SSSR count). The van der Waals surface area contributed by atoms with Crippen molar-refractivity contribution in [3.05, 3.63) is 29.8 Å². The van der Waals surface area contributed by atoms with Gasteiger partial charge in [-0.05, 0) is 37.0 Å². The first kappa shape index (κ1) is 12.9. The molecule has 0 N–H and O–H groups in total. The Hall–Kier alpha value is -1.51. The molecule has 1 aromatic carbocycles. The van der Waals surface area contributed by atoms with Gasteiger partial charge in [0.2, 0.25) is 0 Å². The van der Waals surface area contributed by atoms with Crippen LogP contribution in [0.2, 0.25) is 0 Å². The van der Waals surface area contributed by atoms with E-state index in [0.717, 1.165) is 25.0 Å². The molecule has 18 heavy (non-hydrogen) atoms. The van der Waals surface area contributed by atoms with Gasteiger partial charge in [-0.1, -0.05) is 18.6 Å². The topological polar surface area (TPSA) is 35.5 Å². The molecule has 1 aliphatic carbocycles. The van der Waals surface area contributed by atoms with Crippen LogP contribution in [0.5, 0.6) is 5.75 Å². The highest BCUT2D eigenvalue weighted by atomic mass is 16.5.